The SMILES string of the molecule is N#CC1(Cl)C=CC(Cl)C(Cl)(C#N)C1Cl. The van der Waals surface area contributed by atoms with Crippen LogP contribution in [0.2, 0.25) is 0 Å². The summed E-state index contributed by atoms with van der Waals surface area (Å²) in [6.45, 7) is 0. The third-order valence-electron chi connectivity index (χ3n) is 1.99. The quantitative estimate of drug-likeness (QED) is 0.502. The predicted octanol–water partition coefficient (Wildman–Crippen LogP) is 2.77. The van der Waals surface area contributed by atoms with Crippen LogP contribution in [0.4, 0.5) is 0 Å². The summed E-state index contributed by atoms with van der Waals surface area (Å²) >= 11 is 23.5. The zero-order chi connectivity index (χ0) is 11.0. The Balaban J connectivity index is 3.24. The van der Waals surface area contributed by atoms with E-state index in [1.807, 2.05) is 0 Å². The van der Waals surface area contributed by atoms with Crippen molar-refractivity contribution in [3.63, 3.8) is 0 Å². The van der Waals surface area contributed by atoms with Gasteiger partial charge in [0.25, 0.3) is 0 Å². The van der Waals surface area contributed by atoms with E-state index >= 15 is 0 Å². The summed E-state index contributed by atoms with van der Waals surface area (Å²) in [5, 5.41) is 15.8. The molecule has 0 amide bonds. The Morgan fingerprint density at radius 3 is 2.14 bits per heavy atom. The van der Waals surface area contributed by atoms with Crippen LogP contribution in [-0.2, 0) is 0 Å². The van der Waals surface area contributed by atoms with E-state index in [1.54, 1.807) is 12.1 Å². The van der Waals surface area contributed by atoms with Gasteiger partial charge in [0.1, 0.15) is 5.38 Å². The molecule has 4 unspecified atom stereocenters. The van der Waals surface area contributed by atoms with Gasteiger partial charge >= 0.3 is 0 Å². The largest absolute Gasteiger partial charge is 0.196 e. The molecule has 74 valence electrons. The summed E-state index contributed by atoms with van der Waals surface area (Å²) in [7, 11) is 0. The minimum atomic E-state index is -1.56. The van der Waals surface area contributed by atoms with Gasteiger partial charge in [0.15, 0.2) is 9.75 Å². The van der Waals surface area contributed by atoms with Crippen molar-refractivity contribution in [1.82, 2.24) is 0 Å². The van der Waals surface area contributed by atoms with Crippen LogP contribution in [0.3, 0.4) is 0 Å². The van der Waals surface area contributed by atoms with Crippen LogP contribution < -0.4 is 0 Å². The molecule has 0 aromatic heterocycles. The Kier molecular flexibility index (Phi) is 3.24. The molecule has 4 atom stereocenters. The topological polar surface area (TPSA) is 47.6 Å². The van der Waals surface area contributed by atoms with Gasteiger partial charge in [0, 0.05) is 0 Å². The maximum Gasteiger partial charge on any atom is 0.170 e. The highest BCUT2D eigenvalue weighted by atomic mass is 35.5. The van der Waals surface area contributed by atoms with Gasteiger partial charge in [-0.3, -0.25) is 0 Å². The summed E-state index contributed by atoms with van der Waals surface area (Å²) in [5.41, 5.74) is 0. The zero-order valence-corrected chi connectivity index (χ0v) is 9.74. The number of hydrogen-bond donors (Lipinski definition) is 0. The number of rotatable bonds is 0. The Morgan fingerprint density at radius 1 is 1.14 bits per heavy atom. The molecule has 0 aliphatic heterocycles. The molecular weight excluding hydrogens is 266 g/mol. The Labute approximate surface area is 102 Å². The summed E-state index contributed by atoms with van der Waals surface area (Å²) < 4.78 is 0. The molecule has 0 saturated heterocycles. The fourth-order valence-corrected chi connectivity index (χ4v) is 2.27. The smallest absolute Gasteiger partial charge is 0.170 e. The molecule has 0 spiro atoms. The van der Waals surface area contributed by atoms with Crippen LogP contribution in [0.1, 0.15) is 0 Å². The molecule has 0 heterocycles. The average molecular weight is 270 g/mol. The van der Waals surface area contributed by atoms with Crippen LogP contribution in [0.15, 0.2) is 12.2 Å². The van der Waals surface area contributed by atoms with E-state index in [1.165, 1.54) is 12.2 Å². The first-order valence-corrected chi connectivity index (χ1v) is 5.21. The normalized spacial score (nSPS) is 46.7. The maximum atomic E-state index is 8.87. The van der Waals surface area contributed by atoms with Crippen molar-refractivity contribution in [2.24, 2.45) is 0 Å². The van der Waals surface area contributed by atoms with E-state index in [0.717, 1.165) is 0 Å². The van der Waals surface area contributed by atoms with Crippen molar-refractivity contribution in [3.8, 4) is 12.1 Å². The molecule has 0 radical (unpaired) electrons. The minimum absolute atomic E-state index is 0.767. The van der Waals surface area contributed by atoms with Gasteiger partial charge in [-0.25, -0.2) is 0 Å². The Morgan fingerprint density at radius 2 is 1.71 bits per heavy atom. The van der Waals surface area contributed by atoms with Gasteiger partial charge < -0.3 is 0 Å². The Hall–Kier alpha value is -0.120. The molecule has 0 fully saturated rings. The monoisotopic (exact) mass is 268 g/mol. The van der Waals surface area contributed by atoms with Crippen LogP contribution >= 0.6 is 46.4 Å². The lowest BCUT2D eigenvalue weighted by molar-refractivity contribution is 0.602. The van der Waals surface area contributed by atoms with Crippen LogP contribution in [0, 0.1) is 22.7 Å². The second-order valence-electron chi connectivity index (χ2n) is 2.88. The summed E-state index contributed by atoms with van der Waals surface area (Å²) in [5.74, 6) is 0. The van der Waals surface area contributed by atoms with Crippen molar-refractivity contribution in [2.45, 2.75) is 20.5 Å². The third kappa shape index (κ3) is 1.58. The van der Waals surface area contributed by atoms with Crippen LogP contribution in [-0.4, -0.2) is 20.5 Å². The summed E-state index contributed by atoms with van der Waals surface area (Å²) in [4.78, 5) is -3.04. The molecule has 0 bridgehead atoms. The van der Waals surface area contributed by atoms with E-state index in [9.17, 15) is 0 Å². The molecule has 1 rings (SSSR count). The maximum absolute atomic E-state index is 8.87. The molecule has 1 aliphatic rings. The van der Waals surface area contributed by atoms with E-state index in [0.29, 0.717) is 0 Å². The van der Waals surface area contributed by atoms with Gasteiger partial charge in [-0.15, -0.1) is 23.2 Å². The molecule has 0 aromatic carbocycles. The van der Waals surface area contributed by atoms with Gasteiger partial charge in [0.05, 0.1) is 17.5 Å². The zero-order valence-electron chi connectivity index (χ0n) is 6.72. The van der Waals surface area contributed by atoms with Crippen LogP contribution in [0.25, 0.3) is 0 Å². The van der Waals surface area contributed by atoms with Crippen molar-refractivity contribution in [2.75, 3.05) is 0 Å². The number of hydrogen-bond acceptors (Lipinski definition) is 2. The van der Waals surface area contributed by atoms with Gasteiger partial charge in [-0.2, -0.15) is 10.5 Å². The summed E-state index contributed by atoms with van der Waals surface area (Å²) in [6.07, 6.45) is 2.77. The molecule has 14 heavy (non-hydrogen) atoms. The molecule has 6 heteroatoms. The van der Waals surface area contributed by atoms with E-state index in [-0.39, 0.29) is 0 Å². The molecule has 1 aliphatic carbocycles. The highest BCUT2D eigenvalue weighted by Crippen LogP contribution is 2.44. The number of alkyl halides is 4. The van der Waals surface area contributed by atoms with Crippen molar-refractivity contribution >= 4 is 46.4 Å². The molecular formula is C8H4Cl4N2. The van der Waals surface area contributed by atoms with E-state index in [2.05, 4.69) is 0 Å². The molecule has 0 saturated carbocycles. The number of nitriles is 2. The van der Waals surface area contributed by atoms with E-state index in [4.69, 9.17) is 56.9 Å². The molecule has 0 aromatic rings. The van der Waals surface area contributed by atoms with Gasteiger partial charge in [-0.05, 0) is 0 Å². The lowest BCUT2D eigenvalue weighted by Crippen LogP contribution is -2.52. The first kappa shape index (κ1) is 12.0. The molecule has 0 N–H and O–H groups in total. The Bertz CT molecular complexity index is 355. The van der Waals surface area contributed by atoms with Crippen LogP contribution in [0.5, 0.6) is 0 Å². The minimum Gasteiger partial charge on any atom is -0.196 e. The lowest BCUT2D eigenvalue weighted by Gasteiger charge is -2.37. The van der Waals surface area contributed by atoms with Crippen molar-refractivity contribution < 1.29 is 0 Å². The second-order valence-corrected chi connectivity index (χ2v) is 5.04. The van der Waals surface area contributed by atoms with E-state index < -0.39 is 20.5 Å². The predicted molar refractivity (Wildman–Crippen MR) is 56.8 cm³/mol. The number of halogens is 4. The first-order chi connectivity index (χ1) is 6.40. The first-order valence-electron chi connectivity index (χ1n) is 3.58. The highest BCUT2D eigenvalue weighted by molar-refractivity contribution is 6.44. The molecule has 2 nitrogen and oxygen atoms in total. The summed E-state index contributed by atoms with van der Waals surface area (Å²) in [6, 6.07) is 3.58. The van der Waals surface area contributed by atoms with Gasteiger partial charge in [-0.1, -0.05) is 35.4 Å². The third-order valence-corrected chi connectivity index (χ3v) is 4.47. The second kappa shape index (κ2) is 3.80. The average Bonchev–Trinajstić information content (AvgIpc) is 2.21. The highest BCUT2D eigenvalue weighted by Gasteiger charge is 2.55. The fourth-order valence-electron chi connectivity index (χ4n) is 1.11. The fraction of sp³-hybridized carbons (Fsp3) is 0.500. The van der Waals surface area contributed by atoms with Gasteiger partial charge in [0.2, 0.25) is 0 Å². The number of nitrogens with zero attached hydrogens (tertiary/aromatic N) is 2. The standard InChI is InChI=1S/C8H4Cl4N2/c9-5-1-2-7(11,3-13)6(10)8(5,12)4-14/h1-2,5-6H. The number of allylic oxidation sites excluding steroid dienone is 2. The lowest BCUT2D eigenvalue weighted by atomic mass is 9.86. The van der Waals surface area contributed by atoms with Crippen molar-refractivity contribution in [1.29, 1.82) is 10.5 Å². The van der Waals surface area contributed by atoms with Crippen molar-refractivity contribution in [3.05, 3.63) is 12.2 Å².